The minimum Gasteiger partial charge on any atom is -0.346 e. The van der Waals surface area contributed by atoms with Gasteiger partial charge in [-0.2, -0.15) is 5.10 Å². The van der Waals surface area contributed by atoms with Gasteiger partial charge in [0.15, 0.2) is 0 Å². The molecule has 0 spiro atoms. The van der Waals surface area contributed by atoms with Crippen LogP contribution in [0, 0.1) is 0 Å². The highest BCUT2D eigenvalue weighted by atomic mass is 32.2. The number of carbonyl (C=O) groups excluding carboxylic acids is 1. The van der Waals surface area contributed by atoms with E-state index in [2.05, 4.69) is 29.0 Å². The topological polar surface area (TPSA) is 93.1 Å². The van der Waals surface area contributed by atoms with Gasteiger partial charge >= 0.3 is 0 Å². The zero-order chi connectivity index (χ0) is 20.4. The Morgan fingerprint density at radius 2 is 1.85 bits per heavy atom. The summed E-state index contributed by atoms with van der Waals surface area (Å²) >= 11 is 0. The molecule has 1 aromatic heterocycles. The highest BCUT2D eigenvalue weighted by Gasteiger charge is 2.23. The Balaban J connectivity index is 2.20. The number of nitrogens with one attached hydrogen (secondary N) is 2. The Morgan fingerprint density at radius 1 is 1.22 bits per heavy atom. The third-order valence-electron chi connectivity index (χ3n) is 3.95. The van der Waals surface area contributed by atoms with Crippen molar-refractivity contribution in [3.63, 3.8) is 0 Å². The van der Waals surface area contributed by atoms with E-state index in [1.54, 1.807) is 24.3 Å². The second-order valence-electron chi connectivity index (χ2n) is 7.91. The maximum atomic E-state index is 12.6. The van der Waals surface area contributed by atoms with Crippen molar-refractivity contribution < 1.29 is 13.2 Å². The first kappa shape index (κ1) is 21.0. The van der Waals surface area contributed by atoms with E-state index in [9.17, 15) is 13.2 Å². The Morgan fingerprint density at radius 3 is 2.37 bits per heavy atom. The van der Waals surface area contributed by atoms with Gasteiger partial charge < -0.3 is 5.32 Å². The van der Waals surface area contributed by atoms with Gasteiger partial charge in [0.05, 0.1) is 17.5 Å². The molecule has 7 nitrogen and oxygen atoms in total. The maximum absolute atomic E-state index is 12.6. The number of carbonyl (C=O) groups is 1. The van der Waals surface area contributed by atoms with Crippen LogP contribution in [-0.2, 0) is 22.1 Å². The van der Waals surface area contributed by atoms with Gasteiger partial charge in [-0.1, -0.05) is 32.0 Å². The van der Waals surface area contributed by atoms with Crippen LogP contribution in [0.2, 0.25) is 0 Å². The van der Waals surface area contributed by atoms with Gasteiger partial charge in [-0.3, -0.25) is 14.2 Å². The number of sulfonamides is 1. The lowest BCUT2D eigenvalue weighted by Crippen LogP contribution is -2.27. The molecule has 148 valence electrons. The van der Waals surface area contributed by atoms with Crippen LogP contribution in [-0.4, -0.2) is 30.4 Å². The molecule has 0 aliphatic carbocycles. The van der Waals surface area contributed by atoms with E-state index < -0.39 is 10.0 Å². The van der Waals surface area contributed by atoms with E-state index in [0.29, 0.717) is 16.9 Å². The van der Waals surface area contributed by atoms with Crippen molar-refractivity contribution in [1.82, 2.24) is 15.1 Å². The van der Waals surface area contributed by atoms with Gasteiger partial charge in [0, 0.05) is 12.2 Å². The average Bonchev–Trinajstić information content (AvgIpc) is 2.98. The van der Waals surface area contributed by atoms with Gasteiger partial charge in [0.1, 0.15) is 5.69 Å². The molecule has 0 aliphatic rings. The summed E-state index contributed by atoms with van der Waals surface area (Å²) in [5.74, 6) is -0.0629. The fourth-order valence-electron chi connectivity index (χ4n) is 2.69. The molecule has 0 saturated carbocycles. The zero-order valence-corrected chi connectivity index (χ0v) is 17.5. The summed E-state index contributed by atoms with van der Waals surface area (Å²) in [5, 5.41) is 7.31. The molecule has 0 saturated heterocycles. The number of amides is 1. The van der Waals surface area contributed by atoms with Crippen molar-refractivity contribution in [3.8, 4) is 0 Å². The molecule has 0 fully saturated rings. The van der Waals surface area contributed by atoms with E-state index in [1.807, 2.05) is 31.5 Å². The lowest BCUT2D eigenvalue weighted by Gasteiger charge is -2.23. The van der Waals surface area contributed by atoms with E-state index in [1.165, 1.54) is 0 Å². The fourth-order valence-corrected chi connectivity index (χ4v) is 3.29. The number of benzene rings is 1. The van der Waals surface area contributed by atoms with Crippen LogP contribution in [0.3, 0.4) is 0 Å². The van der Waals surface area contributed by atoms with Crippen molar-refractivity contribution >= 4 is 21.6 Å². The minimum absolute atomic E-state index is 0.191. The predicted molar refractivity (Wildman–Crippen MR) is 107 cm³/mol. The van der Waals surface area contributed by atoms with Crippen molar-refractivity contribution in [2.45, 2.75) is 52.6 Å². The van der Waals surface area contributed by atoms with E-state index in [0.717, 1.165) is 11.9 Å². The van der Waals surface area contributed by atoms with Crippen LogP contribution < -0.4 is 10.0 Å². The SMILES string of the molecule is CC(C)c1cc(C(=O)NCc2ccccc2NS(C)(=O)=O)nn1C(C)(C)C. The average molecular weight is 393 g/mol. The van der Waals surface area contributed by atoms with Crippen molar-refractivity contribution in [2.75, 3.05) is 11.0 Å². The van der Waals surface area contributed by atoms with Crippen LogP contribution in [0.15, 0.2) is 30.3 Å². The van der Waals surface area contributed by atoms with Gasteiger partial charge in [-0.15, -0.1) is 0 Å². The third-order valence-corrected chi connectivity index (χ3v) is 4.54. The molecule has 0 aliphatic heterocycles. The number of hydrogen-bond donors (Lipinski definition) is 2. The Hall–Kier alpha value is -2.35. The second kappa shape index (κ2) is 7.72. The third kappa shape index (κ3) is 5.56. The molecule has 27 heavy (non-hydrogen) atoms. The fraction of sp³-hybridized carbons (Fsp3) is 0.474. The predicted octanol–water partition coefficient (Wildman–Crippen LogP) is 3.06. The first-order chi connectivity index (χ1) is 12.4. The first-order valence-electron chi connectivity index (χ1n) is 8.83. The highest BCUT2D eigenvalue weighted by molar-refractivity contribution is 7.92. The molecule has 1 heterocycles. The van der Waals surface area contributed by atoms with Crippen molar-refractivity contribution in [1.29, 1.82) is 0 Å². The van der Waals surface area contributed by atoms with E-state index in [-0.39, 0.29) is 23.9 Å². The Bertz CT molecular complexity index is 925. The molecule has 0 unspecified atom stereocenters. The van der Waals surface area contributed by atoms with Gasteiger partial charge in [-0.25, -0.2) is 8.42 Å². The lowest BCUT2D eigenvalue weighted by atomic mass is 10.1. The number of hydrogen-bond acceptors (Lipinski definition) is 4. The molecule has 0 radical (unpaired) electrons. The first-order valence-corrected chi connectivity index (χ1v) is 10.7. The summed E-state index contributed by atoms with van der Waals surface area (Å²) in [7, 11) is -3.40. The van der Waals surface area contributed by atoms with E-state index in [4.69, 9.17) is 0 Å². The van der Waals surface area contributed by atoms with Crippen LogP contribution in [0.5, 0.6) is 0 Å². The van der Waals surface area contributed by atoms with Crippen LogP contribution in [0.1, 0.15) is 62.3 Å². The number of para-hydroxylation sites is 1. The zero-order valence-electron chi connectivity index (χ0n) is 16.7. The molecule has 1 aromatic carbocycles. The van der Waals surface area contributed by atoms with Crippen molar-refractivity contribution in [2.24, 2.45) is 0 Å². The normalized spacial score (nSPS) is 12.3. The highest BCUT2D eigenvalue weighted by Crippen LogP contribution is 2.23. The number of anilines is 1. The van der Waals surface area contributed by atoms with Gasteiger partial charge in [0.25, 0.3) is 5.91 Å². The smallest absolute Gasteiger partial charge is 0.272 e. The number of nitrogens with zero attached hydrogens (tertiary/aromatic N) is 2. The minimum atomic E-state index is -3.40. The molecule has 0 bridgehead atoms. The summed E-state index contributed by atoms with van der Waals surface area (Å²) in [5.41, 5.74) is 2.23. The Labute approximate surface area is 161 Å². The Kier molecular flexibility index (Phi) is 5.99. The number of aromatic nitrogens is 2. The maximum Gasteiger partial charge on any atom is 0.272 e. The largest absolute Gasteiger partial charge is 0.346 e. The summed E-state index contributed by atoms with van der Waals surface area (Å²) in [6, 6.07) is 8.76. The van der Waals surface area contributed by atoms with Crippen LogP contribution >= 0.6 is 0 Å². The lowest BCUT2D eigenvalue weighted by molar-refractivity contribution is 0.0944. The summed E-state index contributed by atoms with van der Waals surface area (Å²) in [4.78, 5) is 12.6. The molecule has 2 rings (SSSR count). The molecular weight excluding hydrogens is 364 g/mol. The van der Waals surface area contributed by atoms with Gasteiger partial charge in [-0.05, 0) is 44.4 Å². The molecule has 8 heteroatoms. The molecule has 0 atom stereocenters. The summed E-state index contributed by atoms with van der Waals surface area (Å²) in [6.07, 6.45) is 1.09. The molecule has 1 amide bonds. The molecule has 2 N–H and O–H groups in total. The number of rotatable bonds is 6. The molecule has 2 aromatic rings. The summed E-state index contributed by atoms with van der Waals surface area (Å²) < 4.78 is 27.3. The summed E-state index contributed by atoms with van der Waals surface area (Å²) in [6.45, 7) is 10.4. The quantitative estimate of drug-likeness (QED) is 0.790. The van der Waals surface area contributed by atoms with Crippen LogP contribution in [0.4, 0.5) is 5.69 Å². The van der Waals surface area contributed by atoms with Crippen molar-refractivity contribution in [3.05, 3.63) is 47.3 Å². The van der Waals surface area contributed by atoms with E-state index >= 15 is 0 Å². The molecular formula is C19H28N4O3S. The standard InChI is InChI=1S/C19H28N4O3S/c1-13(2)17-11-16(21-23(17)19(3,4)5)18(24)20-12-14-9-7-8-10-15(14)22-27(6,25)26/h7-11,13,22H,12H2,1-6H3,(H,20,24). The second-order valence-corrected chi connectivity index (χ2v) is 9.65. The van der Waals surface area contributed by atoms with Crippen LogP contribution in [0.25, 0.3) is 0 Å². The monoisotopic (exact) mass is 392 g/mol. The van der Waals surface area contributed by atoms with Gasteiger partial charge in [0.2, 0.25) is 10.0 Å².